The Kier molecular flexibility index (Phi) is 2.96. The summed E-state index contributed by atoms with van der Waals surface area (Å²) in [6, 6.07) is 13.1. The number of carbonyl (C=O) groups excluding carboxylic acids is 1. The first-order chi connectivity index (χ1) is 9.44. The van der Waals surface area contributed by atoms with Gasteiger partial charge < -0.3 is 0 Å². The summed E-state index contributed by atoms with van der Waals surface area (Å²) in [5, 5.41) is 0. The molecule has 0 saturated heterocycles. The summed E-state index contributed by atoms with van der Waals surface area (Å²) in [7, 11) is -4.29. The van der Waals surface area contributed by atoms with Crippen LogP contribution in [0.15, 0.2) is 42.5 Å². The van der Waals surface area contributed by atoms with E-state index < -0.39 is 21.7 Å². The first kappa shape index (κ1) is 13.0. The van der Waals surface area contributed by atoms with Gasteiger partial charge in [-0.3, -0.25) is 9.35 Å². The molecular weight excluding hydrogens is 276 g/mol. The van der Waals surface area contributed by atoms with E-state index in [4.69, 9.17) is 4.55 Å². The molecule has 0 radical (unpaired) electrons. The average molecular weight is 288 g/mol. The van der Waals surface area contributed by atoms with Gasteiger partial charge in [0.2, 0.25) is 0 Å². The third kappa shape index (κ3) is 2.37. The fourth-order valence-electron chi connectivity index (χ4n) is 2.57. The number of benzene rings is 2. The molecule has 20 heavy (non-hydrogen) atoms. The zero-order valence-corrected chi connectivity index (χ0v) is 11.4. The van der Waals surface area contributed by atoms with Crippen LogP contribution < -0.4 is 0 Å². The second-order valence-corrected chi connectivity index (χ2v) is 6.31. The molecule has 0 spiro atoms. The van der Waals surface area contributed by atoms with Crippen molar-refractivity contribution in [2.45, 2.75) is 6.42 Å². The van der Waals surface area contributed by atoms with Crippen LogP contribution in [0.4, 0.5) is 0 Å². The zero-order chi connectivity index (χ0) is 14.3. The predicted molar refractivity (Wildman–Crippen MR) is 75.4 cm³/mol. The Labute approximate surface area is 116 Å². The number of carbonyl (C=O) groups is 1. The van der Waals surface area contributed by atoms with Crippen LogP contribution in [0.25, 0.3) is 11.1 Å². The van der Waals surface area contributed by atoms with Gasteiger partial charge in [0, 0.05) is 5.56 Å². The molecule has 0 amide bonds. The zero-order valence-electron chi connectivity index (χ0n) is 10.5. The third-order valence-electron chi connectivity index (χ3n) is 3.43. The molecule has 1 aliphatic rings. The van der Waals surface area contributed by atoms with Gasteiger partial charge in [-0.25, -0.2) is 0 Å². The van der Waals surface area contributed by atoms with Crippen LogP contribution in [0.3, 0.4) is 0 Å². The van der Waals surface area contributed by atoms with Crippen LogP contribution in [0.1, 0.15) is 21.5 Å². The fraction of sp³-hybridized carbons (Fsp3) is 0.133. The first-order valence-electron chi connectivity index (χ1n) is 6.13. The summed E-state index contributed by atoms with van der Waals surface area (Å²) in [6.45, 7) is 0. The topological polar surface area (TPSA) is 71.4 Å². The maximum absolute atomic E-state index is 11.8. The van der Waals surface area contributed by atoms with E-state index in [0.29, 0.717) is 5.56 Å². The minimum Gasteiger partial charge on any atom is -0.293 e. The van der Waals surface area contributed by atoms with Crippen LogP contribution in [-0.4, -0.2) is 24.5 Å². The number of hydrogen-bond donors (Lipinski definition) is 1. The van der Waals surface area contributed by atoms with Crippen LogP contribution >= 0.6 is 0 Å². The molecule has 0 aromatic heterocycles. The van der Waals surface area contributed by atoms with E-state index in [1.54, 1.807) is 12.1 Å². The first-order valence-corrected chi connectivity index (χ1v) is 7.74. The number of rotatable bonds is 3. The highest BCUT2D eigenvalue weighted by atomic mass is 32.2. The van der Waals surface area contributed by atoms with Crippen molar-refractivity contribution in [1.82, 2.24) is 0 Å². The molecule has 102 valence electrons. The maximum atomic E-state index is 11.8. The van der Waals surface area contributed by atoms with Crippen molar-refractivity contribution in [1.29, 1.82) is 0 Å². The van der Waals surface area contributed by atoms with Gasteiger partial charge >= 0.3 is 0 Å². The number of Topliss-reactive ketones (excluding diaryl/α,β-unsaturated/α-hetero) is 1. The van der Waals surface area contributed by atoms with Gasteiger partial charge in [0.25, 0.3) is 10.1 Å². The second-order valence-electron chi connectivity index (χ2n) is 4.86. The van der Waals surface area contributed by atoms with Crippen LogP contribution in [0.2, 0.25) is 0 Å². The highest BCUT2D eigenvalue weighted by molar-refractivity contribution is 7.86. The lowest BCUT2D eigenvalue weighted by molar-refractivity contribution is 0.101. The van der Waals surface area contributed by atoms with Crippen molar-refractivity contribution >= 4 is 15.9 Å². The molecule has 2 aromatic carbocycles. The standard InChI is InChI=1S/C15H12O4S/c16-15(9-20(17,18)19)11-5-6-14-12(8-11)7-10-3-1-2-4-13(10)14/h1-6,8H,7,9H2,(H,17,18,19). The van der Waals surface area contributed by atoms with Crippen LogP contribution in [0.5, 0.6) is 0 Å². The van der Waals surface area contributed by atoms with Gasteiger partial charge in [-0.1, -0.05) is 36.4 Å². The fourth-order valence-corrected chi connectivity index (χ4v) is 3.07. The molecular formula is C15H12O4S. The van der Waals surface area contributed by atoms with E-state index in [0.717, 1.165) is 23.1 Å². The smallest absolute Gasteiger partial charge is 0.272 e. The summed E-state index contributed by atoms with van der Waals surface area (Å²) in [4.78, 5) is 11.8. The van der Waals surface area contributed by atoms with E-state index in [2.05, 4.69) is 0 Å². The SMILES string of the molecule is O=C(CS(=O)(=O)O)c1ccc2c(c1)Cc1ccccc1-2. The minimum atomic E-state index is -4.29. The summed E-state index contributed by atoms with van der Waals surface area (Å²) < 4.78 is 30.3. The Morgan fingerprint density at radius 1 is 1.05 bits per heavy atom. The summed E-state index contributed by atoms with van der Waals surface area (Å²) >= 11 is 0. The number of hydrogen-bond acceptors (Lipinski definition) is 3. The highest BCUT2D eigenvalue weighted by Gasteiger charge is 2.21. The van der Waals surface area contributed by atoms with Gasteiger partial charge in [-0.15, -0.1) is 0 Å². The van der Waals surface area contributed by atoms with E-state index in [9.17, 15) is 13.2 Å². The summed E-state index contributed by atoms with van der Waals surface area (Å²) in [5.41, 5.74) is 4.74. The minimum absolute atomic E-state index is 0.314. The lowest BCUT2D eigenvalue weighted by atomic mass is 10.0. The maximum Gasteiger partial charge on any atom is 0.272 e. The van der Waals surface area contributed by atoms with Crippen LogP contribution in [0, 0.1) is 0 Å². The van der Waals surface area contributed by atoms with Crippen molar-refractivity contribution in [3.63, 3.8) is 0 Å². The Morgan fingerprint density at radius 2 is 1.75 bits per heavy atom. The predicted octanol–water partition coefficient (Wildman–Crippen LogP) is 2.33. The van der Waals surface area contributed by atoms with Gasteiger partial charge in [-0.05, 0) is 34.7 Å². The molecule has 3 rings (SSSR count). The van der Waals surface area contributed by atoms with E-state index in [-0.39, 0.29) is 0 Å². The van der Waals surface area contributed by atoms with Crippen molar-refractivity contribution in [3.8, 4) is 11.1 Å². The molecule has 0 bridgehead atoms. The monoisotopic (exact) mass is 288 g/mol. The van der Waals surface area contributed by atoms with Crippen molar-refractivity contribution in [2.75, 3.05) is 5.75 Å². The molecule has 0 heterocycles. The highest BCUT2D eigenvalue weighted by Crippen LogP contribution is 2.36. The van der Waals surface area contributed by atoms with E-state index in [1.165, 1.54) is 5.56 Å². The van der Waals surface area contributed by atoms with E-state index in [1.807, 2.05) is 30.3 Å². The largest absolute Gasteiger partial charge is 0.293 e. The summed E-state index contributed by atoms with van der Waals surface area (Å²) in [5.74, 6) is -1.47. The molecule has 1 aliphatic carbocycles. The molecule has 1 N–H and O–H groups in total. The third-order valence-corrected chi connectivity index (χ3v) is 4.06. The lowest BCUT2D eigenvalue weighted by Gasteiger charge is -2.04. The molecule has 5 heteroatoms. The molecule has 4 nitrogen and oxygen atoms in total. The Morgan fingerprint density at radius 3 is 2.50 bits per heavy atom. The number of fused-ring (bicyclic) bond motifs is 3. The van der Waals surface area contributed by atoms with Gasteiger partial charge in [0.15, 0.2) is 5.78 Å². The van der Waals surface area contributed by atoms with Crippen LogP contribution in [-0.2, 0) is 16.5 Å². The summed E-state index contributed by atoms with van der Waals surface area (Å²) in [6.07, 6.45) is 0.735. The van der Waals surface area contributed by atoms with Gasteiger partial charge in [-0.2, -0.15) is 8.42 Å². The van der Waals surface area contributed by atoms with Crippen molar-refractivity contribution in [2.24, 2.45) is 0 Å². The molecule has 0 unspecified atom stereocenters. The van der Waals surface area contributed by atoms with E-state index >= 15 is 0 Å². The molecule has 0 fully saturated rings. The second kappa shape index (κ2) is 4.54. The number of ketones is 1. The Balaban J connectivity index is 1.97. The lowest BCUT2D eigenvalue weighted by Crippen LogP contribution is -2.15. The molecule has 0 atom stereocenters. The van der Waals surface area contributed by atoms with Gasteiger partial charge in [0.1, 0.15) is 5.75 Å². The Hall–Kier alpha value is -1.98. The molecule has 0 saturated carbocycles. The molecule has 2 aromatic rings. The molecule has 0 aliphatic heterocycles. The van der Waals surface area contributed by atoms with Crippen molar-refractivity contribution in [3.05, 3.63) is 59.2 Å². The average Bonchev–Trinajstić information content (AvgIpc) is 2.74. The Bertz CT molecular complexity index is 806. The van der Waals surface area contributed by atoms with Gasteiger partial charge in [0.05, 0.1) is 0 Å². The normalized spacial score (nSPS) is 12.8. The van der Waals surface area contributed by atoms with Crippen molar-refractivity contribution < 1.29 is 17.8 Å². The quantitative estimate of drug-likeness (QED) is 0.593.